The monoisotopic (exact) mass is 310 g/mol. The fourth-order valence-corrected chi connectivity index (χ4v) is 1.38. The van der Waals surface area contributed by atoms with Gasteiger partial charge in [0, 0.05) is 17.1 Å². The third-order valence-corrected chi connectivity index (χ3v) is 2.44. The van der Waals surface area contributed by atoms with Gasteiger partial charge in [-0.3, -0.25) is 9.79 Å². The molecule has 0 bridgehead atoms. The highest BCUT2D eigenvalue weighted by Gasteiger charge is 2.05. The summed E-state index contributed by atoms with van der Waals surface area (Å²) in [6.07, 6.45) is 3.57. The molecule has 0 aromatic heterocycles. The van der Waals surface area contributed by atoms with Crippen LogP contribution in [0.2, 0.25) is 0 Å². The standard InChI is InChI=1S/C12H13BrN2O.C2H6/c1-3-4-11(14-2)15-12(16)9-5-7-10(13)8-6-9;1-2/h3-8H,1-2H3,(H,14,15,16);1-2H3/b4-3-;. The zero-order valence-corrected chi connectivity index (χ0v) is 12.8. The Bertz CT molecular complexity index is 422. The van der Waals surface area contributed by atoms with Gasteiger partial charge in [-0.05, 0) is 37.3 Å². The first kappa shape index (κ1) is 16.6. The van der Waals surface area contributed by atoms with Gasteiger partial charge in [0.2, 0.25) is 0 Å². The molecule has 0 radical (unpaired) electrons. The third kappa shape index (κ3) is 5.77. The molecule has 0 fully saturated rings. The molecule has 0 aliphatic rings. The highest BCUT2D eigenvalue weighted by atomic mass is 79.9. The van der Waals surface area contributed by atoms with Gasteiger partial charge in [-0.1, -0.05) is 35.9 Å². The molecule has 1 rings (SSSR count). The van der Waals surface area contributed by atoms with Crippen molar-refractivity contribution >= 4 is 27.7 Å². The Labute approximate surface area is 117 Å². The lowest BCUT2D eigenvalue weighted by molar-refractivity contribution is 0.0977. The Hall–Kier alpha value is -1.42. The van der Waals surface area contributed by atoms with Crippen LogP contribution in [0.25, 0.3) is 0 Å². The van der Waals surface area contributed by atoms with Crippen LogP contribution in [0, 0.1) is 0 Å². The van der Waals surface area contributed by atoms with Crippen LogP contribution in [0.1, 0.15) is 31.1 Å². The number of hydrogen-bond acceptors (Lipinski definition) is 2. The number of hydrogen-bond donors (Lipinski definition) is 1. The van der Waals surface area contributed by atoms with Crippen molar-refractivity contribution in [3.8, 4) is 0 Å². The van der Waals surface area contributed by atoms with E-state index < -0.39 is 0 Å². The minimum absolute atomic E-state index is 0.161. The zero-order valence-electron chi connectivity index (χ0n) is 11.2. The molecule has 1 amide bonds. The Morgan fingerprint density at radius 2 is 1.83 bits per heavy atom. The van der Waals surface area contributed by atoms with Crippen LogP contribution >= 0.6 is 15.9 Å². The molecular formula is C14H19BrN2O. The summed E-state index contributed by atoms with van der Waals surface area (Å²) in [5.41, 5.74) is 0.605. The fraction of sp³-hybridized carbons (Fsp3) is 0.286. The summed E-state index contributed by atoms with van der Waals surface area (Å²) in [6, 6.07) is 7.16. The molecule has 0 aliphatic heterocycles. The smallest absolute Gasteiger partial charge is 0.256 e. The molecule has 3 nitrogen and oxygen atoms in total. The summed E-state index contributed by atoms with van der Waals surface area (Å²) in [7, 11) is 1.64. The Kier molecular flexibility index (Phi) is 8.84. The summed E-state index contributed by atoms with van der Waals surface area (Å²) in [4.78, 5) is 15.7. The molecule has 0 heterocycles. The summed E-state index contributed by atoms with van der Waals surface area (Å²) < 4.78 is 0.946. The molecule has 1 aromatic carbocycles. The number of nitrogens with zero attached hydrogens (tertiary/aromatic N) is 1. The molecule has 4 heteroatoms. The summed E-state index contributed by atoms with van der Waals surface area (Å²) in [6.45, 7) is 5.87. The number of aliphatic imine (C=N–C) groups is 1. The number of allylic oxidation sites excluding steroid dienone is 1. The average molecular weight is 311 g/mol. The maximum Gasteiger partial charge on any atom is 0.256 e. The quantitative estimate of drug-likeness (QED) is 0.655. The topological polar surface area (TPSA) is 41.5 Å². The maximum atomic E-state index is 11.8. The second kappa shape index (κ2) is 9.59. The largest absolute Gasteiger partial charge is 0.307 e. The number of amides is 1. The SMILES string of the molecule is C/C=C\C(=NC)NC(=O)c1ccc(Br)cc1.CC. The van der Waals surface area contributed by atoms with Gasteiger partial charge in [-0.15, -0.1) is 0 Å². The van der Waals surface area contributed by atoms with Gasteiger partial charge < -0.3 is 5.32 Å². The molecule has 0 saturated carbocycles. The van der Waals surface area contributed by atoms with E-state index in [1.54, 1.807) is 25.3 Å². The van der Waals surface area contributed by atoms with Crippen LogP contribution in [0.4, 0.5) is 0 Å². The summed E-state index contributed by atoms with van der Waals surface area (Å²) >= 11 is 3.32. The predicted molar refractivity (Wildman–Crippen MR) is 81.1 cm³/mol. The number of amidine groups is 1. The van der Waals surface area contributed by atoms with E-state index in [0.29, 0.717) is 11.4 Å². The maximum absolute atomic E-state index is 11.8. The van der Waals surface area contributed by atoms with E-state index in [4.69, 9.17) is 0 Å². The van der Waals surface area contributed by atoms with E-state index in [0.717, 1.165) is 4.47 Å². The zero-order chi connectivity index (χ0) is 14.0. The lowest BCUT2D eigenvalue weighted by Crippen LogP contribution is -2.29. The second-order valence-electron chi connectivity index (χ2n) is 3.07. The van der Waals surface area contributed by atoms with Crippen molar-refractivity contribution in [3.05, 3.63) is 46.5 Å². The van der Waals surface area contributed by atoms with Crippen LogP contribution in [-0.2, 0) is 0 Å². The van der Waals surface area contributed by atoms with E-state index in [-0.39, 0.29) is 5.91 Å². The van der Waals surface area contributed by atoms with E-state index in [1.165, 1.54) is 0 Å². The first-order valence-corrected chi connectivity index (χ1v) is 6.63. The minimum Gasteiger partial charge on any atom is -0.307 e. The fourth-order valence-electron chi connectivity index (χ4n) is 1.12. The van der Waals surface area contributed by atoms with Gasteiger partial charge in [0.25, 0.3) is 5.91 Å². The number of carbonyl (C=O) groups excluding carboxylic acids is 1. The van der Waals surface area contributed by atoms with Crippen LogP contribution < -0.4 is 5.32 Å². The molecule has 1 N–H and O–H groups in total. The highest BCUT2D eigenvalue weighted by Crippen LogP contribution is 2.10. The summed E-state index contributed by atoms with van der Waals surface area (Å²) in [5, 5.41) is 2.71. The Morgan fingerprint density at radius 1 is 1.28 bits per heavy atom. The number of carbonyl (C=O) groups is 1. The van der Waals surface area contributed by atoms with Crippen molar-refractivity contribution in [3.63, 3.8) is 0 Å². The molecule has 1 aromatic rings. The molecule has 0 aliphatic carbocycles. The average Bonchev–Trinajstić information content (AvgIpc) is 2.41. The number of rotatable bonds is 2. The first-order chi connectivity index (χ1) is 8.67. The lowest BCUT2D eigenvalue weighted by Gasteiger charge is -2.04. The molecule has 98 valence electrons. The Balaban J connectivity index is 0.00000137. The van der Waals surface area contributed by atoms with Crippen molar-refractivity contribution in [1.82, 2.24) is 5.32 Å². The van der Waals surface area contributed by atoms with Crippen molar-refractivity contribution < 1.29 is 4.79 Å². The first-order valence-electron chi connectivity index (χ1n) is 5.83. The Morgan fingerprint density at radius 3 is 2.28 bits per heavy atom. The minimum atomic E-state index is -0.161. The van der Waals surface area contributed by atoms with Crippen molar-refractivity contribution in [2.45, 2.75) is 20.8 Å². The van der Waals surface area contributed by atoms with Crippen LogP contribution in [0.5, 0.6) is 0 Å². The molecule has 0 unspecified atom stereocenters. The molecule has 0 spiro atoms. The van der Waals surface area contributed by atoms with Crippen LogP contribution in [-0.4, -0.2) is 18.8 Å². The molecule has 0 saturated heterocycles. The predicted octanol–water partition coefficient (Wildman–Crippen LogP) is 3.81. The van der Waals surface area contributed by atoms with Gasteiger partial charge in [0.1, 0.15) is 5.84 Å². The number of halogens is 1. The lowest BCUT2D eigenvalue weighted by atomic mass is 10.2. The second-order valence-corrected chi connectivity index (χ2v) is 3.99. The van der Waals surface area contributed by atoms with Gasteiger partial charge >= 0.3 is 0 Å². The van der Waals surface area contributed by atoms with E-state index >= 15 is 0 Å². The van der Waals surface area contributed by atoms with Gasteiger partial charge in [0.15, 0.2) is 0 Å². The molecule has 0 atom stereocenters. The van der Waals surface area contributed by atoms with Crippen molar-refractivity contribution in [2.75, 3.05) is 7.05 Å². The van der Waals surface area contributed by atoms with Gasteiger partial charge in [-0.25, -0.2) is 0 Å². The third-order valence-electron chi connectivity index (χ3n) is 1.91. The van der Waals surface area contributed by atoms with Gasteiger partial charge in [0.05, 0.1) is 0 Å². The molecular weight excluding hydrogens is 292 g/mol. The van der Waals surface area contributed by atoms with E-state index in [2.05, 4.69) is 26.2 Å². The highest BCUT2D eigenvalue weighted by molar-refractivity contribution is 9.10. The molecule has 18 heavy (non-hydrogen) atoms. The van der Waals surface area contributed by atoms with Crippen molar-refractivity contribution in [2.24, 2.45) is 4.99 Å². The summed E-state index contributed by atoms with van der Waals surface area (Å²) in [5.74, 6) is 0.390. The van der Waals surface area contributed by atoms with Crippen molar-refractivity contribution in [1.29, 1.82) is 0 Å². The number of benzene rings is 1. The normalized spacial score (nSPS) is 10.8. The van der Waals surface area contributed by atoms with E-state index in [1.807, 2.05) is 39.0 Å². The van der Waals surface area contributed by atoms with Gasteiger partial charge in [-0.2, -0.15) is 0 Å². The number of nitrogens with one attached hydrogen (secondary N) is 1. The van der Waals surface area contributed by atoms with E-state index in [9.17, 15) is 4.79 Å². The van der Waals surface area contributed by atoms with Crippen LogP contribution in [0.3, 0.4) is 0 Å². The van der Waals surface area contributed by atoms with Crippen LogP contribution in [0.15, 0.2) is 45.9 Å².